The van der Waals surface area contributed by atoms with Crippen molar-refractivity contribution in [1.82, 2.24) is 9.97 Å². The van der Waals surface area contributed by atoms with Crippen molar-refractivity contribution in [3.8, 4) is 0 Å². The molecule has 2 heterocycles. The lowest BCUT2D eigenvalue weighted by molar-refractivity contribution is -0.0311. The second kappa shape index (κ2) is 3.19. The van der Waals surface area contributed by atoms with E-state index in [0.717, 1.165) is 19.0 Å². The van der Waals surface area contributed by atoms with Crippen LogP contribution in [0, 0.1) is 10.8 Å². The van der Waals surface area contributed by atoms with Crippen molar-refractivity contribution < 1.29 is 0 Å². The fourth-order valence-electron chi connectivity index (χ4n) is 3.23. The molecule has 1 spiro atoms. The number of anilines is 1. The monoisotopic (exact) mass is 217 g/mol. The van der Waals surface area contributed by atoms with E-state index in [1.165, 1.54) is 19.3 Å². The molecule has 1 saturated carbocycles. The summed E-state index contributed by atoms with van der Waals surface area (Å²) in [6.07, 6.45) is 7.72. The van der Waals surface area contributed by atoms with Crippen LogP contribution in [0.15, 0.2) is 18.5 Å². The maximum atomic E-state index is 4.35. The van der Waals surface area contributed by atoms with Crippen molar-refractivity contribution in [3.05, 3.63) is 18.5 Å². The van der Waals surface area contributed by atoms with Crippen LogP contribution in [-0.4, -0.2) is 23.1 Å². The van der Waals surface area contributed by atoms with Gasteiger partial charge in [0.15, 0.2) is 0 Å². The van der Waals surface area contributed by atoms with E-state index in [9.17, 15) is 0 Å². The Morgan fingerprint density at radius 2 is 1.88 bits per heavy atom. The zero-order valence-corrected chi connectivity index (χ0v) is 10.1. The van der Waals surface area contributed by atoms with Gasteiger partial charge in [-0.25, -0.2) is 9.97 Å². The lowest BCUT2D eigenvalue weighted by Crippen LogP contribution is -2.49. The van der Waals surface area contributed by atoms with E-state index in [4.69, 9.17) is 0 Å². The fraction of sp³-hybridized carbons (Fsp3) is 0.692. The Hall–Kier alpha value is -1.12. The number of rotatable bonds is 1. The van der Waals surface area contributed by atoms with Gasteiger partial charge in [0.05, 0.1) is 0 Å². The van der Waals surface area contributed by atoms with Gasteiger partial charge in [0, 0.05) is 25.5 Å². The molecule has 16 heavy (non-hydrogen) atoms. The van der Waals surface area contributed by atoms with Crippen LogP contribution in [0.4, 0.5) is 5.95 Å². The van der Waals surface area contributed by atoms with E-state index in [-0.39, 0.29) is 0 Å². The smallest absolute Gasteiger partial charge is 0.225 e. The molecule has 0 aromatic carbocycles. The maximum absolute atomic E-state index is 4.35. The predicted octanol–water partition coefficient (Wildman–Crippen LogP) is 2.49. The van der Waals surface area contributed by atoms with Crippen LogP contribution < -0.4 is 4.90 Å². The molecule has 0 radical (unpaired) electrons. The molecule has 1 saturated heterocycles. The first kappa shape index (κ1) is 10.1. The minimum Gasteiger partial charge on any atom is -0.340 e. The molecule has 0 bridgehead atoms. The van der Waals surface area contributed by atoms with Crippen LogP contribution in [-0.2, 0) is 0 Å². The molecule has 2 aliphatic rings. The molecule has 1 unspecified atom stereocenters. The van der Waals surface area contributed by atoms with Gasteiger partial charge < -0.3 is 4.90 Å². The summed E-state index contributed by atoms with van der Waals surface area (Å²) in [7, 11) is 0. The molecule has 1 aliphatic heterocycles. The second-order valence-electron chi connectivity index (χ2n) is 5.88. The quantitative estimate of drug-likeness (QED) is 0.723. The Kier molecular flexibility index (Phi) is 2.00. The minimum atomic E-state index is 0.510. The predicted molar refractivity (Wildman–Crippen MR) is 64.3 cm³/mol. The van der Waals surface area contributed by atoms with Crippen molar-refractivity contribution in [2.75, 3.05) is 18.0 Å². The van der Waals surface area contributed by atoms with Crippen LogP contribution >= 0.6 is 0 Å². The molecule has 3 nitrogen and oxygen atoms in total. The van der Waals surface area contributed by atoms with Crippen LogP contribution in [0.5, 0.6) is 0 Å². The lowest BCUT2D eigenvalue weighted by atomic mass is 9.51. The molecule has 2 fully saturated rings. The zero-order valence-electron chi connectivity index (χ0n) is 10.1. The number of nitrogens with zero attached hydrogens (tertiary/aromatic N) is 3. The summed E-state index contributed by atoms with van der Waals surface area (Å²) in [5.41, 5.74) is 1.04. The van der Waals surface area contributed by atoms with E-state index in [1.54, 1.807) is 0 Å². The van der Waals surface area contributed by atoms with Crippen LogP contribution in [0.1, 0.15) is 33.1 Å². The molecule has 86 valence electrons. The lowest BCUT2D eigenvalue weighted by Gasteiger charge is -2.54. The van der Waals surface area contributed by atoms with Gasteiger partial charge >= 0.3 is 0 Å². The molecule has 3 rings (SSSR count). The summed E-state index contributed by atoms with van der Waals surface area (Å²) >= 11 is 0. The van der Waals surface area contributed by atoms with Gasteiger partial charge in [0.25, 0.3) is 0 Å². The van der Waals surface area contributed by atoms with Crippen LogP contribution in [0.25, 0.3) is 0 Å². The minimum absolute atomic E-state index is 0.510. The average Bonchev–Trinajstić information content (AvgIpc) is 2.76. The molecule has 0 amide bonds. The molecular weight excluding hydrogens is 198 g/mol. The SMILES string of the molecule is CC1(C)CCC12CCN(c1ncccn1)C2. The number of aromatic nitrogens is 2. The van der Waals surface area contributed by atoms with Crippen LogP contribution in [0.2, 0.25) is 0 Å². The molecule has 0 N–H and O–H groups in total. The average molecular weight is 217 g/mol. The van der Waals surface area contributed by atoms with E-state index in [1.807, 2.05) is 18.5 Å². The normalized spacial score (nSPS) is 31.8. The van der Waals surface area contributed by atoms with E-state index < -0.39 is 0 Å². The molecule has 3 heteroatoms. The Morgan fingerprint density at radius 1 is 1.12 bits per heavy atom. The van der Waals surface area contributed by atoms with Gasteiger partial charge in [-0.1, -0.05) is 13.8 Å². The summed E-state index contributed by atoms with van der Waals surface area (Å²) < 4.78 is 0. The molecule has 1 aliphatic carbocycles. The van der Waals surface area contributed by atoms with Gasteiger partial charge in [-0.2, -0.15) is 0 Å². The third-order valence-electron chi connectivity index (χ3n) is 4.85. The van der Waals surface area contributed by atoms with Crippen molar-refractivity contribution in [3.63, 3.8) is 0 Å². The molecule has 1 aromatic rings. The standard InChI is InChI=1S/C13H19N3/c1-12(2)4-5-13(12)6-9-16(10-13)11-14-7-3-8-15-11/h3,7-8H,4-6,9-10H2,1-2H3. The molecule has 1 aromatic heterocycles. The number of hydrogen-bond donors (Lipinski definition) is 0. The third-order valence-corrected chi connectivity index (χ3v) is 4.85. The largest absolute Gasteiger partial charge is 0.340 e. The summed E-state index contributed by atoms with van der Waals surface area (Å²) in [6.45, 7) is 7.08. The number of hydrogen-bond acceptors (Lipinski definition) is 3. The van der Waals surface area contributed by atoms with Crippen molar-refractivity contribution >= 4 is 5.95 Å². The molecule has 1 atom stereocenters. The first-order valence-electron chi connectivity index (χ1n) is 6.15. The zero-order chi connectivity index (χ0) is 11.2. The molecular formula is C13H19N3. The highest BCUT2D eigenvalue weighted by molar-refractivity contribution is 5.33. The van der Waals surface area contributed by atoms with E-state index >= 15 is 0 Å². The second-order valence-corrected chi connectivity index (χ2v) is 5.88. The van der Waals surface area contributed by atoms with Gasteiger partial charge in [0.2, 0.25) is 5.95 Å². The van der Waals surface area contributed by atoms with Gasteiger partial charge in [0.1, 0.15) is 0 Å². The fourth-order valence-corrected chi connectivity index (χ4v) is 3.23. The van der Waals surface area contributed by atoms with Crippen molar-refractivity contribution in [1.29, 1.82) is 0 Å². The highest BCUT2D eigenvalue weighted by atomic mass is 15.3. The highest BCUT2D eigenvalue weighted by Gasteiger charge is 2.55. The summed E-state index contributed by atoms with van der Waals surface area (Å²) in [6, 6.07) is 1.88. The first-order chi connectivity index (χ1) is 7.63. The van der Waals surface area contributed by atoms with Crippen molar-refractivity contribution in [2.24, 2.45) is 10.8 Å². The van der Waals surface area contributed by atoms with Crippen LogP contribution in [0.3, 0.4) is 0 Å². The highest BCUT2D eigenvalue weighted by Crippen LogP contribution is 2.61. The Balaban J connectivity index is 1.80. The van der Waals surface area contributed by atoms with Gasteiger partial charge in [-0.15, -0.1) is 0 Å². The Bertz CT molecular complexity index is 387. The van der Waals surface area contributed by atoms with Gasteiger partial charge in [-0.3, -0.25) is 0 Å². The first-order valence-corrected chi connectivity index (χ1v) is 6.15. The summed E-state index contributed by atoms with van der Waals surface area (Å²) in [5, 5.41) is 0. The van der Waals surface area contributed by atoms with Gasteiger partial charge in [-0.05, 0) is 36.2 Å². The summed E-state index contributed by atoms with van der Waals surface area (Å²) in [5.74, 6) is 0.905. The third kappa shape index (κ3) is 1.27. The Labute approximate surface area is 96.9 Å². The van der Waals surface area contributed by atoms with Crippen molar-refractivity contribution in [2.45, 2.75) is 33.1 Å². The topological polar surface area (TPSA) is 29.0 Å². The Morgan fingerprint density at radius 3 is 2.38 bits per heavy atom. The van der Waals surface area contributed by atoms with E-state index in [0.29, 0.717) is 10.8 Å². The van der Waals surface area contributed by atoms with E-state index in [2.05, 4.69) is 28.7 Å². The summed E-state index contributed by atoms with van der Waals surface area (Å²) in [4.78, 5) is 11.0. The maximum Gasteiger partial charge on any atom is 0.225 e.